The number of fused-ring (bicyclic) bond motifs is 2. The molecule has 1 amide bonds. The van der Waals surface area contributed by atoms with Crippen LogP contribution in [0.3, 0.4) is 0 Å². The Morgan fingerprint density at radius 3 is 2.70 bits per heavy atom. The number of carbonyl (C=O) groups is 1. The Kier molecular flexibility index (Phi) is 4.89. The Bertz CT molecular complexity index is 1200. The average Bonchev–Trinajstić information content (AvgIpc) is 3.51. The van der Waals surface area contributed by atoms with Crippen LogP contribution in [0.5, 0.6) is 11.5 Å². The first-order chi connectivity index (χ1) is 16.2. The van der Waals surface area contributed by atoms with Crippen molar-refractivity contribution in [2.45, 2.75) is 18.8 Å². The van der Waals surface area contributed by atoms with Gasteiger partial charge < -0.3 is 19.7 Å². The van der Waals surface area contributed by atoms with Gasteiger partial charge in [-0.2, -0.15) is 0 Å². The van der Waals surface area contributed by atoms with Crippen molar-refractivity contribution in [3.63, 3.8) is 0 Å². The SMILES string of the molecule is O=C1c2ccccc2NC(C2CNNC2c2ccc(F)cc2)N1Cc1ccc2c(c1)OCO2. The van der Waals surface area contributed by atoms with E-state index < -0.39 is 0 Å². The van der Waals surface area contributed by atoms with Crippen LogP contribution in [-0.4, -0.2) is 30.3 Å². The van der Waals surface area contributed by atoms with Crippen molar-refractivity contribution in [3.8, 4) is 11.5 Å². The lowest BCUT2D eigenvalue weighted by Crippen LogP contribution is -2.53. The number of hydrazine groups is 1. The molecule has 6 rings (SSSR count). The molecule has 168 valence electrons. The van der Waals surface area contributed by atoms with E-state index in [0.29, 0.717) is 30.2 Å². The summed E-state index contributed by atoms with van der Waals surface area (Å²) in [7, 11) is 0. The molecular formula is C25H23FN4O3. The zero-order chi connectivity index (χ0) is 22.4. The van der Waals surface area contributed by atoms with Gasteiger partial charge in [-0.15, -0.1) is 0 Å². The van der Waals surface area contributed by atoms with Crippen LogP contribution in [0.25, 0.3) is 0 Å². The van der Waals surface area contributed by atoms with Crippen molar-refractivity contribution >= 4 is 11.6 Å². The molecule has 1 fully saturated rings. The highest BCUT2D eigenvalue weighted by Crippen LogP contribution is 2.37. The number of hydrogen-bond donors (Lipinski definition) is 3. The monoisotopic (exact) mass is 446 g/mol. The van der Waals surface area contributed by atoms with Gasteiger partial charge in [-0.1, -0.05) is 30.3 Å². The van der Waals surface area contributed by atoms with Gasteiger partial charge in [0.1, 0.15) is 12.0 Å². The highest BCUT2D eigenvalue weighted by atomic mass is 19.1. The van der Waals surface area contributed by atoms with E-state index in [2.05, 4.69) is 16.2 Å². The molecule has 7 nitrogen and oxygen atoms in total. The Morgan fingerprint density at radius 1 is 1.00 bits per heavy atom. The average molecular weight is 446 g/mol. The maximum atomic E-state index is 13.6. The van der Waals surface area contributed by atoms with Crippen molar-refractivity contribution in [3.05, 3.63) is 89.2 Å². The van der Waals surface area contributed by atoms with Gasteiger partial charge in [-0.3, -0.25) is 10.2 Å². The number of halogens is 1. The standard InChI is InChI=1S/C25H23FN4O3/c26-17-8-6-16(7-9-17)23-19(12-27-29-23)24-28-20-4-2-1-3-18(20)25(31)30(24)13-15-5-10-21-22(11-15)33-14-32-21/h1-11,19,23-24,27-29H,12-14H2. The third-order valence-electron chi connectivity index (χ3n) is 6.51. The molecule has 3 aliphatic rings. The van der Waals surface area contributed by atoms with Gasteiger partial charge in [0, 0.05) is 24.7 Å². The first-order valence-corrected chi connectivity index (χ1v) is 11.0. The summed E-state index contributed by atoms with van der Waals surface area (Å²) in [6, 6.07) is 19.7. The summed E-state index contributed by atoms with van der Waals surface area (Å²) in [5.74, 6) is 1.10. The summed E-state index contributed by atoms with van der Waals surface area (Å²) >= 11 is 0. The van der Waals surface area contributed by atoms with Crippen molar-refractivity contribution in [1.82, 2.24) is 15.8 Å². The fourth-order valence-corrected chi connectivity index (χ4v) is 4.86. The van der Waals surface area contributed by atoms with E-state index in [9.17, 15) is 9.18 Å². The molecule has 3 aliphatic heterocycles. The zero-order valence-corrected chi connectivity index (χ0v) is 17.8. The summed E-state index contributed by atoms with van der Waals surface area (Å²) in [6.45, 7) is 1.26. The summed E-state index contributed by atoms with van der Waals surface area (Å²) in [5, 5.41) is 3.60. The number of benzene rings is 3. The smallest absolute Gasteiger partial charge is 0.257 e. The van der Waals surface area contributed by atoms with Gasteiger partial charge >= 0.3 is 0 Å². The second-order valence-corrected chi connectivity index (χ2v) is 8.47. The molecule has 3 aromatic rings. The quantitative estimate of drug-likeness (QED) is 0.571. The minimum Gasteiger partial charge on any atom is -0.454 e. The third kappa shape index (κ3) is 3.57. The van der Waals surface area contributed by atoms with Crippen molar-refractivity contribution in [2.24, 2.45) is 5.92 Å². The van der Waals surface area contributed by atoms with E-state index >= 15 is 0 Å². The van der Waals surface area contributed by atoms with E-state index in [0.717, 1.165) is 16.8 Å². The van der Waals surface area contributed by atoms with Crippen molar-refractivity contribution in [2.75, 3.05) is 18.7 Å². The molecule has 0 spiro atoms. The Balaban J connectivity index is 1.36. The van der Waals surface area contributed by atoms with E-state index in [-0.39, 0.29) is 36.6 Å². The highest BCUT2D eigenvalue weighted by molar-refractivity contribution is 6.01. The summed E-state index contributed by atoms with van der Waals surface area (Å²) in [5.41, 5.74) is 9.92. The lowest BCUT2D eigenvalue weighted by atomic mass is 9.89. The fourth-order valence-electron chi connectivity index (χ4n) is 4.86. The van der Waals surface area contributed by atoms with Crippen molar-refractivity contribution in [1.29, 1.82) is 0 Å². The minimum absolute atomic E-state index is 0.00165. The highest BCUT2D eigenvalue weighted by Gasteiger charge is 2.42. The van der Waals surface area contributed by atoms with Crippen LogP contribution in [-0.2, 0) is 6.54 Å². The zero-order valence-electron chi connectivity index (χ0n) is 17.8. The van der Waals surface area contributed by atoms with Crippen LogP contribution >= 0.6 is 0 Å². The number of rotatable bonds is 4. The molecule has 3 heterocycles. The molecule has 0 aromatic heterocycles. The first-order valence-electron chi connectivity index (χ1n) is 11.0. The maximum Gasteiger partial charge on any atom is 0.257 e. The molecule has 3 atom stereocenters. The number of amides is 1. The van der Waals surface area contributed by atoms with Crippen LogP contribution < -0.4 is 25.6 Å². The van der Waals surface area contributed by atoms with Crippen molar-refractivity contribution < 1.29 is 18.7 Å². The lowest BCUT2D eigenvalue weighted by molar-refractivity contribution is 0.0598. The van der Waals surface area contributed by atoms with Crippen LogP contribution in [0.4, 0.5) is 10.1 Å². The van der Waals surface area contributed by atoms with Crippen LogP contribution in [0.2, 0.25) is 0 Å². The lowest BCUT2D eigenvalue weighted by Gasteiger charge is -2.42. The van der Waals surface area contributed by atoms with Crippen LogP contribution in [0.15, 0.2) is 66.7 Å². The number of anilines is 1. The summed E-state index contributed by atoms with van der Waals surface area (Å²) in [6.07, 6.45) is -0.282. The van der Waals surface area contributed by atoms with E-state index in [4.69, 9.17) is 9.47 Å². The normalized spacial score (nSPS) is 23.4. The Hall–Kier alpha value is -3.62. The fraction of sp³-hybridized carbons (Fsp3) is 0.240. The topological polar surface area (TPSA) is 74.9 Å². The number of carbonyl (C=O) groups excluding carboxylic acids is 1. The first kappa shape index (κ1) is 20.0. The van der Waals surface area contributed by atoms with E-state index in [1.165, 1.54) is 12.1 Å². The van der Waals surface area contributed by atoms with Gasteiger partial charge in [0.2, 0.25) is 6.79 Å². The largest absolute Gasteiger partial charge is 0.454 e. The molecule has 0 radical (unpaired) electrons. The molecule has 33 heavy (non-hydrogen) atoms. The molecule has 3 unspecified atom stereocenters. The molecule has 0 aliphatic carbocycles. The van der Waals surface area contributed by atoms with Gasteiger partial charge in [0.15, 0.2) is 11.5 Å². The van der Waals surface area contributed by atoms with Crippen LogP contribution in [0, 0.1) is 11.7 Å². The molecule has 0 saturated carbocycles. The number of nitrogens with one attached hydrogen (secondary N) is 3. The predicted molar refractivity (Wildman–Crippen MR) is 120 cm³/mol. The van der Waals surface area contributed by atoms with Gasteiger partial charge in [-0.25, -0.2) is 9.82 Å². The Morgan fingerprint density at radius 2 is 1.82 bits per heavy atom. The second kappa shape index (κ2) is 8.06. The van der Waals surface area contributed by atoms with Gasteiger partial charge in [0.25, 0.3) is 5.91 Å². The predicted octanol–water partition coefficient (Wildman–Crippen LogP) is 3.41. The molecule has 8 heteroatoms. The number of nitrogens with zero attached hydrogens (tertiary/aromatic N) is 1. The van der Waals surface area contributed by atoms with Gasteiger partial charge in [-0.05, 0) is 47.5 Å². The molecule has 0 bridgehead atoms. The summed E-state index contributed by atoms with van der Waals surface area (Å²) < 4.78 is 24.5. The number of para-hydroxylation sites is 1. The molecule has 1 saturated heterocycles. The molecule has 3 aromatic carbocycles. The maximum absolute atomic E-state index is 13.6. The molecule has 3 N–H and O–H groups in total. The Labute approximate surface area is 190 Å². The van der Waals surface area contributed by atoms with Gasteiger partial charge in [0.05, 0.1) is 11.6 Å². The molecular weight excluding hydrogens is 423 g/mol. The number of ether oxygens (including phenoxy) is 2. The van der Waals surface area contributed by atoms with Crippen LogP contribution in [0.1, 0.15) is 27.5 Å². The third-order valence-corrected chi connectivity index (χ3v) is 6.51. The second-order valence-electron chi connectivity index (χ2n) is 8.47. The summed E-state index contributed by atoms with van der Waals surface area (Å²) in [4.78, 5) is 15.5. The van der Waals surface area contributed by atoms with E-state index in [1.807, 2.05) is 47.4 Å². The van der Waals surface area contributed by atoms with E-state index in [1.54, 1.807) is 12.1 Å². The minimum atomic E-state index is -0.282. The number of hydrogen-bond acceptors (Lipinski definition) is 6.